The van der Waals surface area contributed by atoms with Gasteiger partial charge in [-0.1, -0.05) is 30.3 Å². The smallest absolute Gasteiger partial charge is 0.336 e. The Hall–Kier alpha value is -3.30. The molecule has 10 heteroatoms. The third-order valence-corrected chi connectivity index (χ3v) is 4.86. The van der Waals surface area contributed by atoms with Crippen LogP contribution in [0, 0.1) is 5.92 Å². The summed E-state index contributed by atoms with van der Waals surface area (Å²) in [4.78, 5) is 17.0. The number of halogens is 5. The number of carbonyl (C=O) groups excluding carboxylic acids is 1. The van der Waals surface area contributed by atoms with E-state index in [1.165, 1.54) is 6.07 Å². The molecule has 0 bridgehead atoms. The largest absolute Gasteiger partial charge is 0.435 e. The molecule has 1 aliphatic heterocycles. The normalized spacial score (nSPS) is 17.0. The third kappa shape index (κ3) is 3.89. The Morgan fingerprint density at radius 2 is 1.87 bits per heavy atom. The average molecular weight is 422 g/mol. The number of rotatable bonds is 4. The van der Waals surface area contributed by atoms with Crippen LogP contribution in [-0.2, 0) is 17.5 Å². The van der Waals surface area contributed by atoms with Crippen molar-refractivity contribution in [1.29, 1.82) is 0 Å². The molecule has 0 radical (unpaired) electrons. The molecule has 5 nitrogen and oxygen atoms in total. The fourth-order valence-electron chi connectivity index (χ4n) is 3.54. The van der Waals surface area contributed by atoms with Crippen molar-refractivity contribution in [3.63, 3.8) is 0 Å². The zero-order valence-electron chi connectivity index (χ0n) is 15.4. The summed E-state index contributed by atoms with van der Waals surface area (Å²) >= 11 is 0. The predicted molar refractivity (Wildman–Crippen MR) is 97.2 cm³/mol. The summed E-state index contributed by atoms with van der Waals surface area (Å²) in [5.41, 5.74) is -0.343. The van der Waals surface area contributed by atoms with E-state index in [0.717, 1.165) is 9.42 Å². The molecule has 1 aliphatic rings. The van der Waals surface area contributed by atoms with Gasteiger partial charge >= 0.3 is 6.18 Å². The van der Waals surface area contributed by atoms with E-state index >= 15 is 0 Å². The van der Waals surface area contributed by atoms with Crippen LogP contribution in [0.3, 0.4) is 0 Å². The molecule has 156 valence electrons. The number of fused-ring (bicyclic) bond motifs is 1. The van der Waals surface area contributed by atoms with Crippen molar-refractivity contribution in [2.45, 2.75) is 19.1 Å². The molecule has 0 saturated carbocycles. The van der Waals surface area contributed by atoms with Crippen LogP contribution in [0.5, 0.6) is 0 Å². The van der Waals surface area contributed by atoms with Crippen molar-refractivity contribution in [2.24, 2.45) is 5.92 Å². The van der Waals surface area contributed by atoms with Crippen LogP contribution in [0.4, 0.5) is 22.0 Å². The molecule has 0 aliphatic carbocycles. The van der Waals surface area contributed by atoms with Gasteiger partial charge in [0.25, 0.3) is 6.08 Å². The Balaban J connectivity index is 1.76. The van der Waals surface area contributed by atoms with Gasteiger partial charge in [-0.3, -0.25) is 4.79 Å². The Morgan fingerprint density at radius 3 is 2.53 bits per heavy atom. The van der Waals surface area contributed by atoms with E-state index in [-0.39, 0.29) is 24.3 Å². The van der Waals surface area contributed by atoms with E-state index in [1.54, 1.807) is 36.4 Å². The molecule has 4 rings (SSSR count). The highest BCUT2D eigenvalue weighted by Crippen LogP contribution is 2.34. The molecule has 1 amide bonds. The number of imidazole rings is 1. The fourth-order valence-corrected chi connectivity index (χ4v) is 3.54. The van der Waals surface area contributed by atoms with Crippen LogP contribution < -0.4 is 0 Å². The Bertz CT molecular complexity index is 1120. The minimum Gasteiger partial charge on any atom is -0.336 e. The SMILES string of the molecule is O=C1CC(C=C(F)F)CN1Cc1c(C(F)(F)F)nc2ccc(-c3ccccc3)nn12. The van der Waals surface area contributed by atoms with Crippen LogP contribution in [-0.4, -0.2) is 31.9 Å². The number of hydrogen-bond donors (Lipinski definition) is 0. The lowest BCUT2D eigenvalue weighted by molar-refractivity contribution is -0.142. The highest BCUT2D eigenvalue weighted by atomic mass is 19.4. The summed E-state index contributed by atoms with van der Waals surface area (Å²) in [6.45, 7) is -0.530. The van der Waals surface area contributed by atoms with Crippen LogP contribution in [0.15, 0.2) is 54.6 Å². The van der Waals surface area contributed by atoms with Crippen LogP contribution in [0.1, 0.15) is 17.8 Å². The second-order valence-electron chi connectivity index (χ2n) is 6.95. The van der Waals surface area contributed by atoms with E-state index in [1.807, 2.05) is 0 Å². The molecule has 1 saturated heterocycles. The lowest BCUT2D eigenvalue weighted by atomic mass is 10.1. The average Bonchev–Trinajstić information content (AvgIpc) is 3.22. The van der Waals surface area contributed by atoms with Crippen molar-refractivity contribution < 1.29 is 26.7 Å². The maximum absolute atomic E-state index is 13.6. The summed E-state index contributed by atoms with van der Waals surface area (Å²) in [5, 5.41) is 4.30. The number of aromatic nitrogens is 3. The first kappa shape index (κ1) is 20.0. The van der Waals surface area contributed by atoms with Gasteiger partial charge in [0.15, 0.2) is 11.3 Å². The van der Waals surface area contributed by atoms with Gasteiger partial charge in [0.1, 0.15) is 0 Å². The Labute approximate surface area is 167 Å². The van der Waals surface area contributed by atoms with Gasteiger partial charge in [0, 0.05) is 24.4 Å². The highest BCUT2D eigenvalue weighted by molar-refractivity contribution is 5.79. The highest BCUT2D eigenvalue weighted by Gasteiger charge is 2.40. The van der Waals surface area contributed by atoms with Gasteiger partial charge in [0.2, 0.25) is 5.91 Å². The number of nitrogens with zero attached hydrogens (tertiary/aromatic N) is 4. The minimum atomic E-state index is -4.76. The topological polar surface area (TPSA) is 50.5 Å². The lowest BCUT2D eigenvalue weighted by Crippen LogP contribution is -2.27. The van der Waals surface area contributed by atoms with Gasteiger partial charge in [-0.15, -0.1) is 0 Å². The van der Waals surface area contributed by atoms with Crippen molar-refractivity contribution >= 4 is 11.6 Å². The molecule has 30 heavy (non-hydrogen) atoms. The van der Waals surface area contributed by atoms with E-state index in [2.05, 4.69) is 10.1 Å². The monoisotopic (exact) mass is 422 g/mol. The Kier molecular flexibility index (Phi) is 5.00. The first-order valence-corrected chi connectivity index (χ1v) is 9.04. The standard InChI is InChI=1S/C20H15F5N4O/c21-16(22)8-12-9-18(30)28(10-12)11-15-19(20(23,24)25)26-17-7-6-14(27-29(15)17)13-4-2-1-3-5-13/h1-8,12H,9-11H2. The number of carbonyl (C=O) groups is 1. The van der Waals surface area contributed by atoms with Crippen molar-refractivity contribution in [1.82, 2.24) is 19.5 Å². The van der Waals surface area contributed by atoms with E-state index in [4.69, 9.17) is 0 Å². The molecule has 3 heterocycles. The Morgan fingerprint density at radius 1 is 1.13 bits per heavy atom. The van der Waals surface area contributed by atoms with Crippen LogP contribution in [0.25, 0.3) is 16.9 Å². The second-order valence-corrected chi connectivity index (χ2v) is 6.95. The summed E-state index contributed by atoms with van der Waals surface area (Å²) in [6.07, 6.45) is -6.21. The molecule has 0 spiro atoms. The lowest BCUT2D eigenvalue weighted by Gasteiger charge is -2.17. The predicted octanol–water partition coefficient (Wildman–Crippen LogP) is 4.54. The molecule has 1 unspecified atom stereocenters. The molecule has 0 N–H and O–H groups in total. The maximum Gasteiger partial charge on any atom is 0.435 e. The number of alkyl halides is 3. The summed E-state index contributed by atoms with van der Waals surface area (Å²) in [6, 6.07) is 11.9. The molecule has 1 fully saturated rings. The number of hydrogen-bond acceptors (Lipinski definition) is 3. The number of likely N-dealkylation sites (tertiary alicyclic amines) is 1. The summed E-state index contributed by atoms with van der Waals surface area (Å²) < 4.78 is 66.9. The van der Waals surface area contributed by atoms with Crippen molar-refractivity contribution in [3.05, 3.63) is 66.0 Å². The molecule has 1 atom stereocenters. The molecule has 3 aromatic rings. The zero-order valence-corrected chi connectivity index (χ0v) is 15.4. The third-order valence-electron chi connectivity index (χ3n) is 4.86. The molecule has 2 aromatic heterocycles. The first-order valence-electron chi connectivity index (χ1n) is 9.04. The van der Waals surface area contributed by atoms with Gasteiger partial charge < -0.3 is 4.90 Å². The molecular formula is C20H15F5N4O. The van der Waals surface area contributed by atoms with Crippen LogP contribution in [0.2, 0.25) is 0 Å². The quantitative estimate of drug-likeness (QED) is 0.580. The molecule has 1 aromatic carbocycles. The van der Waals surface area contributed by atoms with E-state index in [9.17, 15) is 26.7 Å². The van der Waals surface area contributed by atoms with Crippen LogP contribution >= 0.6 is 0 Å². The molecular weight excluding hydrogens is 407 g/mol. The van der Waals surface area contributed by atoms with Gasteiger partial charge in [-0.25, -0.2) is 9.50 Å². The second kappa shape index (κ2) is 7.51. The fraction of sp³-hybridized carbons (Fsp3) is 0.250. The number of benzene rings is 1. The van der Waals surface area contributed by atoms with Gasteiger partial charge in [-0.2, -0.15) is 27.1 Å². The van der Waals surface area contributed by atoms with Crippen molar-refractivity contribution in [3.8, 4) is 11.3 Å². The van der Waals surface area contributed by atoms with Gasteiger partial charge in [-0.05, 0) is 18.2 Å². The maximum atomic E-state index is 13.6. The zero-order chi connectivity index (χ0) is 21.5. The van der Waals surface area contributed by atoms with Crippen molar-refractivity contribution in [2.75, 3.05) is 6.54 Å². The first-order chi connectivity index (χ1) is 14.2. The minimum absolute atomic E-state index is 0.0186. The van der Waals surface area contributed by atoms with E-state index < -0.39 is 36.3 Å². The number of amides is 1. The van der Waals surface area contributed by atoms with E-state index in [0.29, 0.717) is 17.3 Å². The summed E-state index contributed by atoms with van der Waals surface area (Å²) in [5.74, 6) is -1.25. The summed E-state index contributed by atoms with van der Waals surface area (Å²) in [7, 11) is 0. The van der Waals surface area contributed by atoms with Gasteiger partial charge in [0.05, 0.1) is 17.9 Å².